The summed E-state index contributed by atoms with van der Waals surface area (Å²) in [5.74, 6) is 1.22. The molecule has 0 unspecified atom stereocenters. The fraction of sp³-hybridized carbons (Fsp3) is 0.357. The molecule has 0 heterocycles. The van der Waals surface area contributed by atoms with Crippen LogP contribution in [0, 0.1) is 46.9 Å². The summed E-state index contributed by atoms with van der Waals surface area (Å²) in [7, 11) is 0. The van der Waals surface area contributed by atoms with Crippen LogP contribution in [0.3, 0.4) is 0 Å². The van der Waals surface area contributed by atoms with Crippen LogP contribution in [0.5, 0.6) is 5.75 Å². The molecular formula is C28H23F7O. The maximum Gasteiger partial charge on any atom is 0.422 e. The molecule has 0 radical (unpaired) electrons. The van der Waals surface area contributed by atoms with Crippen molar-refractivity contribution in [2.75, 3.05) is 6.61 Å². The monoisotopic (exact) mass is 508 g/mol. The van der Waals surface area contributed by atoms with Gasteiger partial charge in [0.1, 0.15) is 11.6 Å². The Hall–Kier alpha value is -3.21. The molecule has 0 atom stereocenters. The molecule has 36 heavy (non-hydrogen) atoms. The molecule has 3 aromatic rings. The quantitative estimate of drug-likeness (QED) is 0.253. The molecule has 3 aromatic carbocycles. The lowest BCUT2D eigenvalue weighted by Gasteiger charge is -2.24. The molecular weight excluding hydrogens is 485 g/mol. The molecule has 0 aliphatic heterocycles. The van der Waals surface area contributed by atoms with Crippen molar-refractivity contribution in [3.05, 3.63) is 65.2 Å². The minimum absolute atomic E-state index is 0.0117. The molecule has 0 aromatic heterocycles. The van der Waals surface area contributed by atoms with Gasteiger partial charge in [0, 0.05) is 16.9 Å². The molecule has 1 fully saturated rings. The maximum absolute atomic E-state index is 14.9. The van der Waals surface area contributed by atoms with E-state index in [1.54, 1.807) is 0 Å². The van der Waals surface area contributed by atoms with Crippen molar-refractivity contribution in [1.29, 1.82) is 0 Å². The summed E-state index contributed by atoms with van der Waals surface area (Å²) in [6.45, 7) is 0.298. The van der Waals surface area contributed by atoms with Crippen molar-refractivity contribution in [3.63, 3.8) is 0 Å². The Morgan fingerprint density at radius 1 is 0.889 bits per heavy atom. The molecule has 1 aliphatic rings. The van der Waals surface area contributed by atoms with Gasteiger partial charge < -0.3 is 4.74 Å². The van der Waals surface area contributed by atoms with Gasteiger partial charge in [-0.25, -0.2) is 17.6 Å². The van der Waals surface area contributed by atoms with Crippen LogP contribution in [0.25, 0.3) is 21.9 Å². The van der Waals surface area contributed by atoms with E-state index < -0.39 is 47.4 Å². The molecule has 1 aliphatic carbocycles. The zero-order chi connectivity index (χ0) is 26.0. The van der Waals surface area contributed by atoms with Gasteiger partial charge in [0.05, 0.1) is 5.56 Å². The van der Waals surface area contributed by atoms with Gasteiger partial charge in [-0.3, -0.25) is 0 Å². The van der Waals surface area contributed by atoms with Gasteiger partial charge in [-0.2, -0.15) is 13.2 Å². The number of halogens is 7. The summed E-state index contributed by atoms with van der Waals surface area (Å²) in [6.07, 6.45) is 0.466. The Kier molecular flexibility index (Phi) is 7.49. The molecule has 0 bridgehead atoms. The number of hydrogen-bond donors (Lipinski definition) is 0. The van der Waals surface area contributed by atoms with Crippen LogP contribution in [0.2, 0.25) is 0 Å². The highest BCUT2D eigenvalue weighted by atomic mass is 19.4. The molecule has 0 N–H and O–H groups in total. The van der Waals surface area contributed by atoms with E-state index in [1.165, 1.54) is 6.07 Å². The van der Waals surface area contributed by atoms with Crippen LogP contribution in [-0.4, -0.2) is 12.8 Å². The molecule has 8 heteroatoms. The molecule has 1 nitrogen and oxygen atoms in total. The van der Waals surface area contributed by atoms with Gasteiger partial charge >= 0.3 is 6.18 Å². The van der Waals surface area contributed by atoms with Crippen molar-refractivity contribution in [1.82, 2.24) is 0 Å². The van der Waals surface area contributed by atoms with E-state index in [4.69, 9.17) is 0 Å². The van der Waals surface area contributed by atoms with E-state index in [9.17, 15) is 30.7 Å². The molecule has 0 saturated heterocycles. The standard InChI is InChI=1S/C28H23F7O/c1-2-16-3-5-17(6-4-16)7-8-18-11-22(29)25(23(30)12-18)19-9-10-21-20(13-19)14-24(31)27(26(21)32)36-15-28(33,34)35/h9-14,16-17H,2-6,15H2,1H3. The SMILES string of the molecule is CCC1CCC(C#Cc2cc(F)c(-c3ccc4c(F)c(OCC(F)(F)F)c(F)cc4c3)c(F)c2)CC1. The molecule has 4 rings (SSSR count). The summed E-state index contributed by atoms with van der Waals surface area (Å²) < 4.78 is 100. The van der Waals surface area contributed by atoms with Gasteiger partial charge in [0.2, 0.25) is 0 Å². The smallest absolute Gasteiger partial charge is 0.422 e. The highest BCUT2D eigenvalue weighted by molar-refractivity contribution is 5.89. The number of hydrogen-bond acceptors (Lipinski definition) is 1. The summed E-state index contributed by atoms with van der Waals surface area (Å²) in [5, 5.41) is -0.342. The summed E-state index contributed by atoms with van der Waals surface area (Å²) in [5.41, 5.74) is -0.197. The minimum Gasteiger partial charge on any atom is -0.478 e. The highest BCUT2D eigenvalue weighted by Crippen LogP contribution is 2.35. The molecule has 0 amide bonds. The topological polar surface area (TPSA) is 9.23 Å². The Morgan fingerprint density at radius 2 is 1.56 bits per heavy atom. The summed E-state index contributed by atoms with van der Waals surface area (Å²) in [4.78, 5) is 0. The lowest BCUT2D eigenvalue weighted by atomic mass is 9.81. The van der Waals surface area contributed by atoms with Crippen LogP contribution < -0.4 is 4.74 Å². The predicted molar refractivity (Wildman–Crippen MR) is 123 cm³/mol. The average molecular weight is 508 g/mol. The van der Waals surface area contributed by atoms with Crippen LogP contribution in [-0.2, 0) is 0 Å². The number of fused-ring (bicyclic) bond motifs is 1. The third kappa shape index (κ3) is 5.77. The fourth-order valence-electron chi connectivity index (χ4n) is 4.57. The van der Waals surface area contributed by atoms with E-state index in [2.05, 4.69) is 23.5 Å². The van der Waals surface area contributed by atoms with Crippen LogP contribution in [0.15, 0.2) is 36.4 Å². The normalized spacial score (nSPS) is 18.1. The van der Waals surface area contributed by atoms with Gasteiger partial charge in [0.25, 0.3) is 0 Å². The summed E-state index contributed by atoms with van der Waals surface area (Å²) >= 11 is 0. The number of alkyl halides is 3. The Balaban J connectivity index is 1.61. The van der Waals surface area contributed by atoms with Crippen molar-refractivity contribution in [2.45, 2.75) is 45.2 Å². The van der Waals surface area contributed by atoms with Gasteiger partial charge in [-0.15, -0.1) is 0 Å². The third-order valence-corrected chi connectivity index (χ3v) is 6.54. The van der Waals surface area contributed by atoms with E-state index in [1.807, 2.05) is 0 Å². The van der Waals surface area contributed by atoms with E-state index in [0.29, 0.717) is 5.92 Å². The van der Waals surface area contributed by atoms with Crippen molar-refractivity contribution in [2.24, 2.45) is 11.8 Å². The zero-order valence-corrected chi connectivity index (χ0v) is 19.4. The van der Waals surface area contributed by atoms with Gasteiger partial charge in [-0.05, 0) is 66.8 Å². The first-order valence-electron chi connectivity index (χ1n) is 11.7. The molecule has 0 spiro atoms. The first kappa shape index (κ1) is 25.9. The van der Waals surface area contributed by atoms with E-state index in [0.717, 1.165) is 62.4 Å². The van der Waals surface area contributed by atoms with Crippen molar-refractivity contribution < 1.29 is 35.5 Å². The van der Waals surface area contributed by atoms with Crippen LogP contribution >= 0.6 is 0 Å². The second-order valence-electron chi connectivity index (χ2n) is 9.05. The van der Waals surface area contributed by atoms with E-state index >= 15 is 0 Å². The minimum atomic E-state index is -4.78. The van der Waals surface area contributed by atoms with E-state index in [-0.39, 0.29) is 27.8 Å². The lowest BCUT2D eigenvalue weighted by molar-refractivity contribution is -0.154. The van der Waals surface area contributed by atoms with Crippen LogP contribution in [0.1, 0.15) is 44.6 Å². The maximum atomic E-state index is 14.9. The number of rotatable bonds is 4. The average Bonchev–Trinajstić information content (AvgIpc) is 2.81. The Morgan fingerprint density at radius 3 is 2.17 bits per heavy atom. The van der Waals surface area contributed by atoms with Gasteiger partial charge in [0.15, 0.2) is 24.0 Å². The largest absolute Gasteiger partial charge is 0.478 e. The zero-order valence-electron chi connectivity index (χ0n) is 19.4. The second kappa shape index (κ2) is 10.4. The fourth-order valence-corrected chi connectivity index (χ4v) is 4.57. The van der Waals surface area contributed by atoms with Crippen LogP contribution in [0.4, 0.5) is 30.7 Å². The predicted octanol–water partition coefficient (Wildman–Crippen LogP) is 8.57. The highest BCUT2D eigenvalue weighted by Gasteiger charge is 2.30. The lowest BCUT2D eigenvalue weighted by Crippen LogP contribution is -2.20. The third-order valence-electron chi connectivity index (χ3n) is 6.54. The molecule has 1 saturated carbocycles. The molecule has 190 valence electrons. The van der Waals surface area contributed by atoms with Gasteiger partial charge in [-0.1, -0.05) is 37.3 Å². The number of benzene rings is 3. The Labute approximate surface area is 204 Å². The number of ether oxygens (including phenoxy) is 1. The second-order valence-corrected chi connectivity index (χ2v) is 9.05. The first-order chi connectivity index (χ1) is 17.1. The van der Waals surface area contributed by atoms with Crippen molar-refractivity contribution in [3.8, 4) is 28.7 Å². The summed E-state index contributed by atoms with van der Waals surface area (Å²) in [6, 6.07) is 6.46. The van der Waals surface area contributed by atoms with Crippen molar-refractivity contribution >= 4 is 10.8 Å². The first-order valence-corrected chi connectivity index (χ1v) is 11.7. The Bertz CT molecular complexity index is 1300.